The van der Waals surface area contributed by atoms with Gasteiger partial charge in [0.1, 0.15) is 18.3 Å². The number of aliphatic hydroxyl groups is 4. The average Bonchev–Trinajstić information content (AvgIpc) is 2.08. The molecule has 0 unspecified atom stereocenters. The highest BCUT2D eigenvalue weighted by Crippen LogP contribution is 2.21. The van der Waals surface area contributed by atoms with Gasteiger partial charge < -0.3 is 25.2 Å². The van der Waals surface area contributed by atoms with Gasteiger partial charge in [-0.05, 0) is 0 Å². The van der Waals surface area contributed by atoms with Crippen molar-refractivity contribution in [2.24, 2.45) is 0 Å². The molecule has 0 aromatic heterocycles. The van der Waals surface area contributed by atoms with Gasteiger partial charge in [-0.25, -0.2) is 4.39 Å². The third kappa shape index (κ3) is 1.57. The molecule has 6 heteroatoms. The Labute approximate surface area is 68.0 Å². The molecule has 1 heterocycles. The summed E-state index contributed by atoms with van der Waals surface area (Å²) in [5, 5.41) is 35.3. The van der Waals surface area contributed by atoms with E-state index in [2.05, 4.69) is 4.74 Å². The van der Waals surface area contributed by atoms with Crippen LogP contribution in [0.2, 0.25) is 0 Å². The first-order valence-corrected chi connectivity index (χ1v) is 3.52. The molecule has 0 aromatic carbocycles. The Bertz CT molecular complexity index is 150. The van der Waals surface area contributed by atoms with Gasteiger partial charge in [-0.3, -0.25) is 0 Å². The van der Waals surface area contributed by atoms with Crippen molar-refractivity contribution < 1.29 is 29.6 Å². The lowest BCUT2D eigenvalue weighted by molar-refractivity contribution is -0.271. The van der Waals surface area contributed by atoms with E-state index in [-0.39, 0.29) is 0 Å². The van der Waals surface area contributed by atoms with Crippen LogP contribution in [0, 0.1) is 0 Å². The molecular weight excluding hydrogens is 171 g/mol. The minimum Gasteiger partial charge on any atom is -0.394 e. The number of hydrogen-bond acceptors (Lipinski definition) is 5. The summed E-state index contributed by atoms with van der Waals surface area (Å²) in [6.45, 7) is -0.581. The van der Waals surface area contributed by atoms with Crippen molar-refractivity contribution >= 4 is 0 Å². The Balaban J connectivity index is 2.63. The number of aliphatic hydroxyl groups excluding tert-OH is 4. The Morgan fingerprint density at radius 2 is 1.75 bits per heavy atom. The fourth-order valence-electron chi connectivity index (χ4n) is 1.06. The van der Waals surface area contributed by atoms with E-state index in [0.717, 1.165) is 0 Å². The zero-order valence-corrected chi connectivity index (χ0v) is 6.17. The first-order valence-electron chi connectivity index (χ1n) is 3.52. The van der Waals surface area contributed by atoms with Gasteiger partial charge in [0.25, 0.3) is 0 Å². The van der Waals surface area contributed by atoms with Crippen molar-refractivity contribution in [3.8, 4) is 0 Å². The monoisotopic (exact) mass is 182 g/mol. The van der Waals surface area contributed by atoms with Crippen LogP contribution < -0.4 is 0 Å². The van der Waals surface area contributed by atoms with Crippen molar-refractivity contribution in [1.29, 1.82) is 0 Å². The van der Waals surface area contributed by atoms with Crippen LogP contribution in [0.5, 0.6) is 0 Å². The molecule has 0 aromatic rings. The van der Waals surface area contributed by atoms with E-state index in [4.69, 9.17) is 20.4 Å². The molecule has 0 saturated carbocycles. The normalized spacial score (nSPS) is 49.2. The lowest BCUT2D eigenvalue weighted by Crippen LogP contribution is -2.56. The van der Waals surface area contributed by atoms with Gasteiger partial charge in [-0.15, -0.1) is 0 Å². The first kappa shape index (κ1) is 9.82. The Kier molecular flexibility index (Phi) is 2.97. The third-order valence-electron chi connectivity index (χ3n) is 1.82. The summed E-state index contributed by atoms with van der Waals surface area (Å²) in [6.07, 6.45) is -8.19. The molecule has 1 aliphatic heterocycles. The first-order chi connectivity index (χ1) is 5.57. The van der Waals surface area contributed by atoms with E-state index in [1.54, 1.807) is 0 Å². The van der Waals surface area contributed by atoms with Crippen molar-refractivity contribution in [2.75, 3.05) is 6.61 Å². The SMILES string of the molecule is OC[C@H]1O[C@@H](O)[C@H](F)[C@@H](O)[C@@H]1O. The average molecular weight is 182 g/mol. The van der Waals surface area contributed by atoms with E-state index in [9.17, 15) is 4.39 Å². The van der Waals surface area contributed by atoms with Gasteiger partial charge in [0, 0.05) is 0 Å². The van der Waals surface area contributed by atoms with Crippen LogP contribution in [0.25, 0.3) is 0 Å². The molecule has 5 atom stereocenters. The third-order valence-corrected chi connectivity index (χ3v) is 1.82. The van der Waals surface area contributed by atoms with Gasteiger partial charge in [-0.1, -0.05) is 0 Å². The van der Waals surface area contributed by atoms with Crippen LogP contribution in [-0.2, 0) is 4.74 Å². The second-order valence-corrected chi connectivity index (χ2v) is 2.67. The lowest BCUT2D eigenvalue weighted by atomic mass is 10.0. The van der Waals surface area contributed by atoms with E-state index < -0.39 is 37.4 Å². The maximum atomic E-state index is 12.7. The minimum absolute atomic E-state index is 0.581. The Morgan fingerprint density at radius 3 is 2.25 bits per heavy atom. The summed E-state index contributed by atoms with van der Waals surface area (Å²) in [5.41, 5.74) is 0. The van der Waals surface area contributed by atoms with Crippen molar-refractivity contribution in [3.05, 3.63) is 0 Å². The number of hydrogen-bond donors (Lipinski definition) is 4. The van der Waals surface area contributed by atoms with Gasteiger partial charge in [0.15, 0.2) is 12.5 Å². The molecule has 0 amide bonds. The summed E-state index contributed by atoms with van der Waals surface area (Å²) in [5.74, 6) is 0. The van der Waals surface area contributed by atoms with Crippen LogP contribution in [-0.4, -0.2) is 57.8 Å². The largest absolute Gasteiger partial charge is 0.394 e. The van der Waals surface area contributed by atoms with Crippen LogP contribution in [0.4, 0.5) is 4.39 Å². The number of ether oxygens (including phenoxy) is 1. The number of rotatable bonds is 1. The molecule has 0 spiro atoms. The predicted octanol–water partition coefficient (Wildman–Crippen LogP) is -2.24. The topological polar surface area (TPSA) is 90.2 Å². The zero-order valence-electron chi connectivity index (χ0n) is 6.17. The fraction of sp³-hybridized carbons (Fsp3) is 1.00. The van der Waals surface area contributed by atoms with Gasteiger partial charge in [0.2, 0.25) is 0 Å². The fourth-order valence-corrected chi connectivity index (χ4v) is 1.06. The molecule has 0 radical (unpaired) electrons. The molecule has 1 rings (SSSR count). The summed E-state index contributed by atoms with van der Waals surface area (Å²) >= 11 is 0. The standard InChI is InChI=1S/C6H11FO5/c7-3-5(10)4(9)2(1-8)12-6(3)11/h2-6,8-11H,1H2/t2-,3-,4-,5-,6-/m1/s1. The maximum absolute atomic E-state index is 12.7. The van der Waals surface area contributed by atoms with Crippen molar-refractivity contribution in [1.82, 2.24) is 0 Å². The highest BCUT2D eigenvalue weighted by molar-refractivity contribution is 4.88. The molecule has 72 valence electrons. The van der Waals surface area contributed by atoms with Gasteiger partial charge in [0.05, 0.1) is 6.61 Å². The second kappa shape index (κ2) is 3.63. The summed E-state index contributed by atoms with van der Waals surface area (Å²) in [7, 11) is 0. The lowest BCUT2D eigenvalue weighted by Gasteiger charge is -2.36. The zero-order chi connectivity index (χ0) is 9.30. The molecule has 1 saturated heterocycles. The van der Waals surface area contributed by atoms with Gasteiger partial charge in [-0.2, -0.15) is 0 Å². The summed E-state index contributed by atoms with van der Waals surface area (Å²) in [6, 6.07) is 0. The Morgan fingerprint density at radius 1 is 1.17 bits per heavy atom. The highest BCUT2D eigenvalue weighted by Gasteiger charge is 2.43. The smallest absolute Gasteiger partial charge is 0.189 e. The van der Waals surface area contributed by atoms with Crippen LogP contribution >= 0.6 is 0 Å². The molecule has 1 fully saturated rings. The quantitative estimate of drug-likeness (QED) is 0.368. The van der Waals surface area contributed by atoms with E-state index in [1.165, 1.54) is 0 Å². The Hall–Kier alpha value is -0.270. The van der Waals surface area contributed by atoms with E-state index >= 15 is 0 Å². The molecule has 0 aliphatic carbocycles. The molecular formula is C6H11FO5. The second-order valence-electron chi connectivity index (χ2n) is 2.67. The number of alkyl halides is 1. The van der Waals surface area contributed by atoms with Crippen molar-refractivity contribution in [3.63, 3.8) is 0 Å². The molecule has 0 bridgehead atoms. The van der Waals surface area contributed by atoms with Crippen molar-refractivity contribution in [2.45, 2.75) is 30.8 Å². The molecule has 12 heavy (non-hydrogen) atoms. The molecule has 4 N–H and O–H groups in total. The van der Waals surface area contributed by atoms with E-state index in [0.29, 0.717) is 0 Å². The minimum atomic E-state index is -2.04. The van der Waals surface area contributed by atoms with Gasteiger partial charge >= 0.3 is 0 Å². The molecule has 1 aliphatic rings. The van der Waals surface area contributed by atoms with Crippen LogP contribution in [0.1, 0.15) is 0 Å². The maximum Gasteiger partial charge on any atom is 0.189 e. The molecule has 5 nitrogen and oxygen atoms in total. The highest BCUT2D eigenvalue weighted by atomic mass is 19.1. The van der Waals surface area contributed by atoms with Crippen LogP contribution in [0.15, 0.2) is 0 Å². The predicted molar refractivity (Wildman–Crippen MR) is 34.9 cm³/mol. The summed E-state index contributed by atoms with van der Waals surface area (Å²) in [4.78, 5) is 0. The number of halogens is 1. The summed E-state index contributed by atoms with van der Waals surface area (Å²) < 4.78 is 17.1. The van der Waals surface area contributed by atoms with E-state index in [1.807, 2.05) is 0 Å². The van der Waals surface area contributed by atoms with Crippen LogP contribution in [0.3, 0.4) is 0 Å².